The number of likely N-dealkylation sites (tertiary alicyclic amines) is 1. The van der Waals surface area contributed by atoms with Crippen LogP contribution in [0.25, 0.3) is 5.76 Å². The Kier molecular flexibility index (Phi) is 6.41. The van der Waals surface area contributed by atoms with Gasteiger partial charge < -0.3 is 19.8 Å². The van der Waals surface area contributed by atoms with Gasteiger partial charge in [-0.1, -0.05) is 17.7 Å². The number of nitrogens with zero attached hydrogens (tertiary/aromatic N) is 2. The molecule has 1 unspecified atom stereocenters. The highest BCUT2D eigenvalue weighted by Crippen LogP contribution is 2.38. The minimum absolute atomic E-state index is 0.0341. The van der Waals surface area contributed by atoms with E-state index < -0.39 is 17.7 Å². The van der Waals surface area contributed by atoms with E-state index in [9.17, 15) is 14.7 Å². The molecular weight excluding hydrogens is 384 g/mol. The van der Waals surface area contributed by atoms with Crippen molar-refractivity contribution in [3.05, 3.63) is 70.5 Å². The number of halogens is 1. The second-order valence-corrected chi connectivity index (χ2v) is 6.53. The van der Waals surface area contributed by atoms with Gasteiger partial charge in [0.25, 0.3) is 11.7 Å². The van der Waals surface area contributed by atoms with Crippen molar-refractivity contribution in [2.75, 3.05) is 26.4 Å². The largest absolute Gasteiger partial charge is 0.507 e. The van der Waals surface area contributed by atoms with E-state index in [-0.39, 0.29) is 37.7 Å². The van der Waals surface area contributed by atoms with Crippen molar-refractivity contribution in [2.24, 2.45) is 0 Å². The zero-order valence-corrected chi connectivity index (χ0v) is 15.7. The van der Waals surface area contributed by atoms with Gasteiger partial charge in [0.2, 0.25) is 0 Å². The Morgan fingerprint density at radius 1 is 1.14 bits per heavy atom. The van der Waals surface area contributed by atoms with Gasteiger partial charge in [0, 0.05) is 23.3 Å². The van der Waals surface area contributed by atoms with Crippen molar-refractivity contribution >= 4 is 29.1 Å². The number of amides is 1. The van der Waals surface area contributed by atoms with Gasteiger partial charge >= 0.3 is 0 Å². The molecule has 2 N–H and O–H groups in total. The van der Waals surface area contributed by atoms with Crippen LogP contribution in [0.4, 0.5) is 0 Å². The molecule has 0 saturated carbocycles. The number of carbonyl (C=O) groups is 2. The number of aromatic nitrogens is 1. The first-order valence-electron chi connectivity index (χ1n) is 8.68. The number of aliphatic hydroxyl groups excluding tert-OH is 2. The third-order valence-corrected chi connectivity index (χ3v) is 4.59. The van der Waals surface area contributed by atoms with Crippen LogP contribution in [-0.2, 0) is 14.3 Å². The minimum atomic E-state index is -0.838. The van der Waals surface area contributed by atoms with Gasteiger partial charge in [0.05, 0.1) is 31.1 Å². The topological polar surface area (TPSA) is 100.0 Å². The number of ether oxygens (including phenoxy) is 1. The number of Topliss-reactive ketones (excluding diaryl/α,β-unsaturated/α-hetero) is 1. The Hall–Kier alpha value is -2.74. The lowest BCUT2D eigenvalue weighted by molar-refractivity contribution is -0.140. The van der Waals surface area contributed by atoms with Crippen LogP contribution in [0, 0.1) is 0 Å². The van der Waals surface area contributed by atoms with Crippen LogP contribution in [0.1, 0.15) is 17.3 Å². The molecular formula is C20H19ClN2O5. The number of ketones is 1. The zero-order chi connectivity index (χ0) is 20.1. The molecule has 1 aliphatic heterocycles. The molecule has 1 amide bonds. The van der Waals surface area contributed by atoms with Crippen molar-refractivity contribution in [3.63, 3.8) is 0 Å². The van der Waals surface area contributed by atoms with Crippen molar-refractivity contribution in [3.8, 4) is 0 Å². The molecule has 8 heteroatoms. The van der Waals surface area contributed by atoms with Gasteiger partial charge in [-0.05, 0) is 36.4 Å². The quantitative estimate of drug-likeness (QED) is 0.318. The lowest BCUT2D eigenvalue weighted by Crippen LogP contribution is -2.33. The lowest BCUT2D eigenvalue weighted by atomic mass is 9.98. The summed E-state index contributed by atoms with van der Waals surface area (Å²) in [6.07, 6.45) is 1.56. The molecule has 0 aliphatic carbocycles. The van der Waals surface area contributed by atoms with E-state index in [0.717, 1.165) is 0 Å². The number of hydrogen-bond donors (Lipinski definition) is 2. The molecule has 1 aliphatic rings. The standard InChI is InChI=1S/C20H19ClN2O5/c21-14-6-4-13(5-7-14)18(25)16-17(15-3-1-2-8-22-15)23(20(27)19(16)26)9-11-28-12-10-24/h1-8,17,24-25H,9-12H2/b18-16+. The highest BCUT2D eigenvalue weighted by atomic mass is 35.5. The fourth-order valence-corrected chi connectivity index (χ4v) is 3.17. The SMILES string of the molecule is O=C1C(=O)N(CCOCCO)C(c2ccccn2)/C1=C(\O)c1ccc(Cl)cc1. The van der Waals surface area contributed by atoms with Crippen LogP contribution in [0.2, 0.25) is 5.02 Å². The predicted octanol–water partition coefficient (Wildman–Crippen LogP) is 2.17. The van der Waals surface area contributed by atoms with Gasteiger partial charge in [-0.15, -0.1) is 0 Å². The van der Waals surface area contributed by atoms with E-state index in [4.69, 9.17) is 21.4 Å². The maximum absolute atomic E-state index is 12.7. The van der Waals surface area contributed by atoms with E-state index in [1.165, 1.54) is 4.90 Å². The summed E-state index contributed by atoms with van der Waals surface area (Å²) in [7, 11) is 0. The second kappa shape index (κ2) is 8.97. The maximum atomic E-state index is 12.7. The molecule has 28 heavy (non-hydrogen) atoms. The van der Waals surface area contributed by atoms with Crippen molar-refractivity contribution in [1.82, 2.24) is 9.88 Å². The van der Waals surface area contributed by atoms with E-state index in [0.29, 0.717) is 16.3 Å². The summed E-state index contributed by atoms with van der Waals surface area (Å²) in [4.78, 5) is 31.0. The zero-order valence-electron chi connectivity index (χ0n) is 14.9. The number of hydrogen-bond acceptors (Lipinski definition) is 6. The number of aliphatic hydroxyl groups is 2. The third kappa shape index (κ3) is 4.06. The summed E-state index contributed by atoms with van der Waals surface area (Å²) in [5.74, 6) is -1.81. The van der Waals surface area contributed by atoms with E-state index in [1.54, 1.807) is 48.7 Å². The van der Waals surface area contributed by atoms with Crippen LogP contribution in [0.15, 0.2) is 54.2 Å². The van der Waals surface area contributed by atoms with Crippen molar-refractivity contribution < 1.29 is 24.5 Å². The Morgan fingerprint density at radius 2 is 1.89 bits per heavy atom. The second-order valence-electron chi connectivity index (χ2n) is 6.09. The molecule has 7 nitrogen and oxygen atoms in total. The number of pyridine rings is 1. The average molecular weight is 403 g/mol. The molecule has 2 aromatic rings. The van der Waals surface area contributed by atoms with Gasteiger partial charge in [0.1, 0.15) is 11.8 Å². The first kappa shape index (κ1) is 20.0. The molecule has 1 atom stereocenters. The van der Waals surface area contributed by atoms with Gasteiger partial charge in [0.15, 0.2) is 0 Å². The Bertz CT molecular complexity index is 883. The Balaban J connectivity index is 2.03. The fraction of sp³-hybridized carbons (Fsp3) is 0.250. The summed E-state index contributed by atoms with van der Waals surface area (Å²) >= 11 is 5.89. The van der Waals surface area contributed by atoms with Crippen LogP contribution < -0.4 is 0 Å². The van der Waals surface area contributed by atoms with Crippen LogP contribution >= 0.6 is 11.6 Å². The normalized spacial score (nSPS) is 18.6. The number of rotatable bonds is 7. The molecule has 1 aromatic heterocycles. The maximum Gasteiger partial charge on any atom is 0.295 e. The molecule has 1 saturated heterocycles. The lowest BCUT2D eigenvalue weighted by Gasteiger charge is -2.24. The van der Waals surface area contributed by atoms with Crippen LogP contribution in [0.3, 0.4) is 0 Å². The molecule has 0 bridgehead atoms. The Labute approximate surface area is 166 Å². The monoisotopic (exact) mass is 402 g/mol. The molecule has 3 rings (SSSR count). The molecule has 1 fully saturated rings. The number of carbonyl (C=O) groups excluding carboxylic acids is 2. The molecule has 0 spiro atoms. The molecule has 0 radical (unpaired) electrons. The summed E-state index contributed by atoms with van der Waals surface area (Å²) in [6.45, 7) is 0.239. The van der Waals surface area contributed by atoms with Gasteiger partial charge in [-0.2, -0.15) is 0 Å². The smallest absolute Gasteiger partial charge is 0.295 e. The average Bonchev–Trinajstić information content (AvgIpc) is 2.97. The molecule has 1 aromatic carbocycles. The van der Waals surface area contributed by atoms with Crippen molar-refractivity contribution in [2.45, 2.75) is 6.04 Å². The van der Waals surface area contributed by atoms with Crippen LogP contribution in [0.5, 0.6) is 0 Å². The van der Waals surface area contributed by atoms with E-state index in [1.807, 2.05) is 0 Å². The van der Waals surface area contributed by atoms with E-state index in [2.05, 4.69) is 4.98 Å². The molecule has 2 heterocycles. The van der Waals surface area contributed by atoms with E-state index >= 15 is 0 Å². The van der Waals surface area contributed by atoms with Gasteiger partial charge in [-0.3, -0.25) is 14.6 Å². The number of benzene rings is 1. The molecule has 146 valence electrons. The third-order valence-electron chi connectivity index (χ3n) is 4.34. The Morgan fingerprint density at radius 3 is 2.54 bits per heavy atom. The highest BCUT2D eigenvalue weighted by Gasteiger charge is 2.46. The first-order chi connectivity index (χ1) is 13.5. The minimum Gasteiger partial charge on any atom is -0.507 e. The van der Waals surface area contributed by atoms with Crippen LogP contribution in [-0.4, -0.2) is 58.2 Å². The first-order valence-corrected chi connectivity index (χ1v) is 9.06. The summed E-state index contributed by atoms with van der Waals surface area (Å²) in [6, 6.07) is 10.6. The summed E-state index contributed by atoms with van der Waals surface area (Å²) < 4.78 is 5.24. The van der Waals surface area contributed by atoms with Gasteiger partial charge in [-0.25, -0.2) is 0 Å². The fourth-order valence-electron chi connectivity index (χ4n) is 3.05. The predicted molar refractivity (Wildman–Crippen MR) is 103 cm³/mol. The summed E-state index contributed by atoms with van der Waals surface area (Å²) in [5.41, 5.74) is 0.799. The highest BCUT2D eigenvalue weighted by molar-refractivity contribution is 6.46. The summed E-state index contributed by atoms with van der Waals surface area (Å²) in [5, 5.41) is 20.1. The van der Waals surface area contributed by atoms with Crippen molar-refractivity contribution in [1.29, 1.82) is 0 Å².